The summed E-state index contributed by atoms with van der Waals surface area (Å²) in [6, 6.07) is 8.27. The Balaban J connectivity index is 1.69. The van der Waals surface area contributed by atoms with Gasteiger partial charge in [-0.25, -0.2) is 0 Å². The second-order valence-corrected chi connectivity index (χ2v) is 11.6. The predicted molar refractivity (Wildman–Crippen MR) is 149 cm³/mol. The maximum Gasteiger partial charge on any atom is 0.270 e. The average Bonchev–Trinajstić information content (AvgIpc) is 3.44. The lowest BCUT2D eigenvalue weighted by Crippen LogP contribution is -2.44. The number of carbonyl (C=O) groups excluding carboxylic acids is 2. The third-order valence-electron chi connectivity index (χ3n) is 5.86. The van der Waals surface area contributed by atoms with Crippen molar-refractivity contribution in [2.24, 2.45) is 0 Å². The van der Waals surface area contributed by atoms with Crippen molar-refractivity contribution in [2.45, 2.75) is 57.0 Å². The number of halogens is 2. The maximum absolute atomic E-state index is 13.2. The first kappa shape index (κ1) is 28.9. The van der Waals surface area contributed by atoms with Crippen LogP contribution in [0.25, 0.3) is 11.1 Å². The minimum atomic E-state index is -0.921. The number of alkyl halides is 2. The molecule has 1 unspecified atom stereocenters. The molecular formula is C25H32Cl2N6O3S. The smallest absolute Gasteiger partial charge is 0.270 e. The fraction of sp³-hybridized carbons (Fsp3) is 0.440. The molecule has 37 heavy (non-hydrogen) atoms. The molecule has 0 saturated heterocycles. The van der Waals surface area contributed by atoms with Crippen LogP contribution in [0, 0.1) is 13.8 Å². The summed E-state index contributed by atoms with van der Waals surface area (Å²) in [7, 11) is -0.921. The van der Waals surface area contributed by atoms with Crippen LogP contribution in [0.1, 0.15) is 47.6 Å². The van der Waals surface area contributed by atoms with Gasteiger partial charge in [0.25, 0.3) is 5.91 Å². The average molecular weight is 568 g/mol. The number of carbonyl (C=O) groups is 2. The van der Waals surface area contributed by atoms with Crippen molar-refractivity contribution < 1.29 is 13.8 Å². The molecule has 9 nitrogen and oxygen atoms in total. The van der Waals surface area contributed by atoms with E-state index in [4.69, 9.17) is 23.2 Å². The summed E-state index contributed by atoms with van der Waals surface area (Å²) >= 11 is 11.7. The molecule has 3 rings (SSSR count). The highest BCUT2D eigenvalue weighted by molar-refractivity contribution is 7.84. The third-order valence-corrected chi connectivity index (χ3v) is 7.16. The van der Waals surface area contributed by atoms with Crippen LogP contribution >= 0.6 is 23.2 Å². The molecule has 3 N–H and O–H groups in total. The molecule has 0 aliphatic heterocycles. The van der Waals surface area contributed by atoms with Crippen molar-refractivity contribution in [3.8, 4) is 11.1 Å². The number of aromatic amines is 1. The molecule has 2 amide bonds. The van der Waals surface area contributed by atoms with Gasteiger partial charge in [-0.2, -0.15) is 10.2 Å². The van der Waals surface area contributed by atoms with Crippen LogP contribution in [0.2, 0.25) is 0 Å². The Kier molecular flexibility index (Phi) is 10.7. The van der Waals surface area contributed by atoms with Gasteiger partial charge in [-0.1, -0.05) is 12.1 Å². The van der Waals surface area contributed by atoms with E-state index >= 15 is 0 Å². The monoisotopic (exact) mass is 566 g/mol. The molecule has 0 bridgehead atoms. The Labute approximate surface area is 229 Å². The number of amides is 2. The highest BCUT2D eigenvalue weighted by atomic mass is 35.5. The largest absolute Gasteiger partial charge is 0.339 e. The van der Waals surface area contributed by atoms with Crippen molar-refractivity contribution in [1.82, 2.24) is 25.3 Å². The van der Waals surface area contributed by atoms with E-state index in [1.165, 1.54) is 6.20 Å². The van der Waals surface area contributed by atoms with Gasteiger partial charge in [0.15, 0.2) is 0 Å². The Hall–Kier alpha value is -2.69. The molecule has 12 heteroatoms. The first-order valence-corrected chi connectivity index (χ1v) is 14.6. The van der Waals surface area contributed by atoms with Gasteiger partial charge < -0.3 is 10.6 Å². The fourth-order valence-electron chi connectivity index (χ4n) is 4.02. The molecule has 0 spiro atoms. The van der Waals surface area contributed by atoms with Crippen molar-refractivity contribution in [3.05, 3.63) is 53.6 Å². The molecule has 2 heterocycles. The van der Waals surface area contributed by atoms with Gasteiger partial charge in [0.2, 0.25) is 5.91 Å². The van der Waals surface area contributed by atoms with Gasteiger partial charge in [-0.3, -0.25) is 23.6 Å². The Morgan fingerprint density at radius 3 is 2.46 bits per heavy atom. The first-order chi connectivity index (χ1) is 17.7. The van der Waals surface area contributed by atoms with E-state index in [1.807, 2.05) is 38.1 Å². The van der Waals surface area contributed by atoms with E-state index in [-0.39, 0.29) is 5.91 Å². The van der Waals surface area contributed by atoms with Crippen molar-refractivity contribution in [3.63, 3.8) is 0 Å². The standard InChI is InChI=1S/C25H32Cl2N6O3S/c1-16-23(17(2)32-31-16)18-8-10-19(11-9-18)29-24(34)20(6-4-7-22(26)27)30-25(35)21-12-13-28-33(21)14-5-15-37(3)36/h8-13,20,22H,4-7,14-15H2,1-3H3,(H,29,34)(H,30,35)(H,31,32)/t20-,37?/m0/s1. The van der Waals surface area contributed by atoms with Crippen LogP contribution in [-0.2, 0) is 22.1 Å². The number of benzene rings is 1. The minimum Gasteiger partial charge on any atom is -0.339 e. The van der Waals surface area contributed by atoms with Gasteiger partial charge in [0.05, 0.1) is 5.69 Å². The number of nitrogens with zero attached hydrogens (tertiary/aromatic N) is 3. The van der Waals surface area contributed by atoms with Crippen LogP contribution in [-0.4, -0.2) is 58.9 Å². The second kappa shape index (κ2) is 13.7. The molecular weight excluding hydrogens is 535 g/mol. The number of aromatic nitrogens is 4. The number of aryl methyl sites for hydroxylation is 3. The first-order valence-electron chi connectivity index (χ1n) is 12.0. The summed E-state index contributed by atoms with van der Waals surface area (Å²) in [5, 5.41) is 17.1. The number of rotatable bonds is 13. The van der Waals surface area contributed by atoms with E-state index in [1.54, 1.807) is 17.0 Å². The van der Waals surface area contributed by atoms with Crippen LogP contribution < -0.4 is 10.6 Å². The SMILES string of the molecule is Cc1n[nH]c(C)c1-c1ccc(NC(=O)[C@H](CCCC(Cl)Cl)NC(=O)c2ccnn2CCCS(C)=O)cc1. The Morgan fingerprint density at radius 2 is 1.84 bits per heavy atom. The molecule has 0 aliphatic carbocycles. The summed E-state index contributed by atoms with van der Waals surface area (Å²) in [6.07, 6.45) is 5.20. The summed E-state index contributed by atoms with van der Waals surface area (Å²) in [5.41, 5.74) is 4.83. The van der Waals surface area contributed by atoms with Gasteiger partial charge in [0, 0.05) is 52.5 Å². The molecule has 0 saturated carbocycles. The van der Waals surface area contributed by atoms with E-state index in [0.29, 0.717) is 49.4 Å². The predicted octanol–water partition coefficient (Wildman–Crippen LogP) is 4.37. The summed E-state index contributed by atoms with van der Waals surface area (Å²) in [5.74, 6) is -0.239. The molecule has 0 aliphatic rings. The Bertz CT molecular complexity index is 1210. The minimum absolute atomic E-state index is 0.336. The summed E-state index contributed by atoms with van der Waals surface area (Å²) in [6.45, 7) is 4.35. The molecule has 1 aromatic carbocycles. The van der Waals surface area contributed by atoms with Gasteiger partial charge in [0.1, 0.15) is 16.6 Å². The van der Waals surface area contributed by atoms with Crippen molar-refractivity contribution in [1.29, 1.82) is 0 Å². The van der Waals surface area contributed by atoms with E-state index in [2.05, 4.69) is 25.9 Å². The summed E-state index contributed by atoms with van der Waals surface area (Å²) < 4.78 is 12.9. The van der Waals surface area contributed by atoms with Crippen molar-refractivity contribution >= 4 is 51.5 Å². The van der Waals surface area contributed by atoms with E-state index in [9.17, 15) is 13.8 Å². The van der Waals surface area contributed by atoms with E-state index < -0.39 is 27.6 Å². The molecule has 3 aromatic rings. The van der Waals surface area contributed by atoms with Crippen LogP contribution in [0.3, 0.4) is 0 Å². The quantitative estimate of drug-likeness (QED) is 0.265. The number of anilines is 1. The number of H-pyrrole nitrogens is 1. The lowest BCUT2D eigenvalue weighted by Gasteiger charge is -2.19. The lowest BCUT2D eigenvalue weighted by atomic mass is 10.0. The van der Waals surface area contributed by atoms with Crippen molar-refractivity contribution in [2.75, 3.05) is 17.3 Å². The third kappa shape index (κ3) is 8.41. The molecule has 2 aromatic heterocycles. The van der Waals surface area contributed by atoms with E-state index in [0.717, 1.165) is 22.5 Å². The van der Waals surface area contributed by atoms with Crippen LogP contribution in [0.4, 0.5) is 5.69 Å². The zero-order valence-corrected chi connectivity index (χ0v) is 23.4. The second-order valence-electron chi connectivity index (χ2n) is 8.79. The molecule has 200 valence electrons. The molecule has 0 radical (unpaired) electrons. The fourth-order valence-corrected chi connectivity index (χ4v) is 4.87. The molecule has 2 atom stereocenters. The molecule has 0 fully saturated rings. The van der Waals surface area contributed by atoms with Gasteiger partial charge in [-0.15, -0.1) is 23.2 Å². The Morgan fingerprint density at radius 1 is 1.11 bits per heavy atom. The number of nitrogens with one attached hydrogen (secondary N) is 3. The highest BCUT2D eigenvalue weighted by Gasteiger charge is 2.23. The normalized spacial score (nSPS) is 12.9. The maximum atomic E-state index is 13.2. The highest BCUT2D eigenvalue weighted by Crippen LogP contribution is 2.26. The zero-order chi connectivity index (χ0) is 26.9. The van der Waals surface area contributed by atoms with Crippen LogP contribution in [0.5, 0.6) is 0 Å². The topological polar surface area (TPSA) is 122 Å². The van der Waals surface area contributed by atoms with Crippen LogP contribution in [0.15, 0.2) is 36.5 Å². The lowest BCUT2D eigenvalue weighted by molar-refractivity contribution is -0.118. The zero-order valence-electron chi connectivity index (χ0n) is 21.1. The number of hydrogen-bond acceptors (Lipinski definition) is 5. The summed E-state index contributed by atoms with van der Waals surface area (Å²) in [4.78, 5) is 25.7. The van der Waals surface area contributed by atoms with Gasteiger partial charge in [-0.05, 0) is 63.3 Å². The van der Waals surface area contributed by atoms with Gasteiger partial charge >= 0.3 is 0 Å². The number of hydrogen-bond donors (Lipinski definition) is 3.